The first-order chi connectivity index (χ1) is 8.11. The normalized spacial score (nSPS) is 11.1. The number of benzene rings is 1. The molecule has 0 amide bonds. The fraction of sp³-hybridized carbons (Fsp3) is 0.357. The topological polar surface area (TPSA) is 48.9 Å². The summed E-state index contributed by atoms with van der Waals surface area (Å²) in [4.78, 5) is 7.63. The number of H-pyrrole nitrogens is 1. The van der Waals surface area contributed by atoms with Gasteiger partial charge in [-0.05, 0) is 12.8 Å². The summed E-state index contributed by atoms with van der Waals surface area (Å²) in [5.74, 6) is 0.989. The van der Waals surface area contributed by atoms with Crippen LogP contribution in [0.1, 0.15) is 36.8 Å². The van der Waals surface area contributed by atoms with Crippen LogP contribution in [-0.4, -0.2) is 15.1 Å². The molecule has 0 atom stereocenters. The number of nitrogens with one attached hydrogen (secondary N) is 1. The van der Waals surface area contributed by atoms with E-state index in [1.54, 1.807) is 0 Å². The van der Waals surface area contributed by atoms with Crippen molar-refractivity contribution < 1.29 is 5.11 Å². The number of aliphatic hydroxyl groups excluding tert-OH is 1. The Kier molecular flexibility index (Phi) is 3.29. The van der Waals surface area contributed by atoms with Crippen molar-refractivity contribution in [1.29, 1.82) is 0 Å². The quantitative estimate of drug-likeness (QED) is 0.851. The van der Waals surface area contributed by atoms with Crippen molar-refractivity contribution in [2.24, 2.45) is 0 Å². The van der Waals surface area contributed by atoms with Crippen LogP contribution in [0.25, 0.3) is 11.3 Å². The van der Waals surface area contributed by atoms with Crippen LogP contribution in [0, 0.1) is 6.92 Å². The van der Waals surface area contributed by atoms with Gasteiger partial charge >= 0.3 is 0 Å². The molecule has 3 heteroatoms. The third-order valence-electron chi connectivity index (χ3n) is 2.83. The minimum atomic E-state index is -0.0500. The van der Waals surface area contributed by atoms with Crippen molar-refractivity contribution in [3.05, 3.63) is 41.3 Å². The summed E-state index contributed by atoms with van der Waals surface area (Å²) in [7, 11) is 0. The van der Waals surface area contributed by atoms with Crippen LogP contribution in [0.5, 0.6) is 0 Å². The van der Waals surface area contributed by atoms with Crippen molar-refractivity contribution in [2.75, 3.05) is 0 Å². The summed E-state index contributed by atoms with van der Waals surface area (Å²) in [6.07, 6.45) is 0. The molecule has 2 aromatic rings. The predicted molar refractivity (Wildman–Crippen MR) is 68.8 cm³/mol. The average Bonchev–Trinajstić information content (AvgIpc) is 2.74. The summed E-state index contributed by atoms with van der Waals surface area (Å²) in [6.45, 7) is 6.25. The van der Waals surface area contributed by atoms with E-state index in [9.17, 15) is 0 Å². The Morgan fingerprint density at radius 2 is 1.88 bits per heavy atom. The van der Waals surface area contributed by atoms with Gasteiger partial charge in [0.25, 0.3) is 0 Å². The van der Waals surface area contributed by atoms with Gasteiger partial charge in [0.2, 0.25) is 0 Å². The third-order valence-corrected chi connectivity index (χ3v) is 2.83. The number of imidazole rings is 1. The molecule has 90 valence electrons. The Bertz CT molecular complexity index is 497. The molecule has 2 rings (SSSR count). The van der Waals surface area contributed by atoms with Crippen LogP contribution in [-0.2, 0) is 6.61 Å². The van der Waals surface area contributed by atoms with Gasteiger partial charge in [-0.1, -0.05) is 43.7 Å². The van der Waals surface area contributed by atoms with Crippen molar-refractivity contribution in [2.45, 2.75) is 33.3 Å². The summed E-state index contributed by atoms with van der Waals surface area (Å²) >= 11 is 0. The Morgan fingerprint density at radius 1 is 1.24 bits per heavy atom. The fourth-order valence-corrected chi connectivity index (χ4v) is 1.86. The maximum atomic E-state index is 9.15. The first-order valence-corrected chi connectivity index (χ1v) is 5.88. The van der Waals surface area contributed by atoms with Gasteiger partial charge in [0.1, 0.15) is 12.4 Å². The van der Waals surface area contributed by atoms with E-state index in [2.05, 4.69) is 55.0 Å². The predicted octanol–water partition coefficient (Wildman–Crippen LogP) is 3.00. The lowest BCUT2D eigenvalue weighted by Crippen LogP contribution is -1.91. The number of rotatable bonds is 3. The Labute approximate surface area is 102 Å². The molecule has 0 aliphatic carbocycles. The molecular weight excluding hydrogens is 212 g/mol. The average molecular weight is 230 g/mol. The van der Waals surface area contributed by atoms with E-state index in [-0.39, 0.29) is 6.61 Å². The molecule has 0 aliphatic heterocycles. The monoisotopic (exact) mass is 230 g/mol. The standard InChI is InChI=1S/C14H18N2O/c1-9(2)13-14(16-12(8-17)15-13)11-6-4-10(3)5-7-11/h4-7,9,17H,8H2,1-3H3,(H,15,16). The van der Waals surface area contributed by atoms with Crippen LogP contribution >= 0.6 is 0 Å². The minimum Gasteiger partial charge on any atom is -0.388 e. The summed E-state index contributed by atoms with van der Waals surface area (Å²) in [6, 6.07) is 8.29. The van der Waals surface area contributed by atoms with Gasteiger partial charge in [-0.3, -0.25) is 0 Å². The van der Waals surface area contributed by atoms with E-state index in [0.29, 0.717) is 11.7 Å². The summed E-state index contributed by atoms with van der Waals surface area (Å²) in [5.41, 5.74) is 4.36. The largest absolute Gasteiger partial charge is 0.388 e. The van der Waals surface area contributed by atoms with Gasteiger partial charge in [-0.2, -0.15) is 0 Å². The lowest BCUT2D eigenvalue weighted by molar-refractivity contribution is 0.272. The van der Waals surface area contributed by atoms with E-state index in [1.807, 2.05) is 0 Å². The highest BCUT2D eigenvalue weighted by atomic mass is 16.3. The molecule has 0 spiro atoms. The van der Waals surface area contributed by atoms with E-state index in [0.717, 1.165) is 17.0 Å². The molecule has 1 heterocycles. The Morgan fingerprint density at radius 3 is 2.41 bits per heavy atom. The fourth-order valence-electron chi connectivity index (χ4n) is 1.86. The molecule has 3 nitrogen and oxygen atoms in total. The Balaban J connectivity index is 2.49. The smallest absolute Gasteiger partial charge is 0.132 e. The van der Waals surface area contributed by atoms with Crippen molar-refractivity contribution >= 4 is 0 Å². The lowest BCUT2D eigenvalue weighted by atomic mass is 10.0. The minimum absolute atomic E-state index is 0.0500. The lowest BCUT2D eigenvalue weighted by Gasteiger charge is -2.05. The summed E-state index contributed by atoms with van der Waals surface area (Å²) in [5, 5.41) is 9.15. The zero-order valence-electron chi connectivity index (χ0n) is 10.5. The number of hydrogen-bond donors (Lipinski definition) is 2. The van der Waals surface area contributed by atoms with Gasteiger partial charge in [0.05, 0.1) is 5.69 Å². The molecule has 1 aromatic heterocycles. The van der Waals surface area contributed by atoms with Crippen LogP contribution in [0.3, 0.4) is 0 Å². The molecule has 17 heavy (non-hydrogen) atoms. The third kappa shape index (κ3) is 2.39. The van der Waals surface area contributed by atoms with Gasteiger partial charge in [0, 0.05) is 11.3 Å². The molecular formula is C14H18N2O. The zero-order valence-corrected chi connectivity index (χ0v) is 10.5. The SMILES string of the molecule is Cc1ccc(-c2nc(CO)[nH]c2C(C)C)cc1. The highest BCUT2D eigenvalue weighted by molar-refractivity contribution is 5.63. The second kappa shape index (κ2) is 4.72. The van der Waals surface area contributed by atoms with Gasteiger partial charge in [0.15, 0.2) is 0 Å². The van der Waals surface area contributed by atoms with Crippen LogP contribution in [0.4, 0.5) is 0 Å². The molecule has 0 saturated carbocycles. The first-order valence-electron chi connectivity index (χ1n) is 5.88. The van der Waals surface area contributed by atoms with E-state index >= 15 is 0 Å². The number of nitrogens with zero attached hydrogens (tertiary/aromatic N) is 1. The molecule has 2 N–H and O–H groups in total. The van der Waals surface area contributed by atoms with Crippen molar-refractivity contribution in [3.63, 3.8) is 0 Å². The molecule has 0 unspecified atom stereocenters. The molecule has 0 bridgehead atoms. The van der Waals surface area contributed by atoms with Crippen LogP contribution in [0.2, 0.25) is 0 Å². The van der Waals surface area contributed by atoms with E-state index < -0.39 is 0 Å². The number of aliphatic hydroxyl groups is 1. The molecule has 0 radical (unpaired) electrons. The van der Waals surface area contributed by atoms with Crippen LogP contribution in [0.15, 0.2) is 24.3 Å². The number of aromatic nitrogens is 2. The molecule has 1 aromatic carbocycles. The van der Waals surface area contributed by atoms with Crippen LogP contribution < -0.4 is 0 Å². The Hall–Kier alpha value is -1.61. The zero-order chi connectivity index (χ0) is 12.4. The van der Waals surface area contributed by atoms with E-state index in [4.69, 9.17) is 5.11 Å². The second-order valence-corrected chi connectivity index (χ2v) is 4.62. The molecule has 0 aliphatic rings. The molecule has 0 fully saturated rings. The van der Waals surface area contributed by atoms with Gasteiger partial charge in [-0.25, -0.2) is 4.98 Å². The van der Waals surface area contributed by atoms with Gasteiger partial charge < -0.3 is 10.1 Å². The van der Waals surface area contributed by atoms with E-state index in [1.165, 1.54) is 5.56 Å². The highest BCUT2D eigenvalue weighted by Gasteiger charge is 2.14. The maximum Gasteiger partial charge on any atom is 0.132 e. The number of aromatic amines is 1. The summed E-state index contributed by atoms with van der Waals surface area (Å²) < 4.78 is 0. The van der Waals surface area contributed by atoms with Crippen molar-refractivity contribution in [1.82, 2.24) is 9.97 Å². The maximum absolute atomic E-state index is 9.15. The molecule has 0 saturated heterocycles. The van der Waals surface area contributed by atoms with Crippen molar-refractivity contribution in [3.8, 4) is 11.3 Å². The first kappa shape index (κ1) is 11.9. The number of aryl methyl sites for hydroxylation is 1. The highest BCUT2D eigenvalue weighted by Crippen LogP contribution is 2.27. The van der Waals surface area contributed by atoms with Gasteiger partial charge in [-0.15, -0.1) is 0 Å². The number of hydrogen-bond acceptors (Lipinski definition) is 2. The second-order valence-electron chi connectivity index (χ2n) is 4.62.